The molecule has 0 fully saturated rings. The summed E-state index contributed by atoms with van der Waals surface area (Å²) in [4.78, 5) is 11.8. The molecule has 0 aliphatic carbocycles. The van der Waals surface area contributed by atoms with Gasteiger partial charge in [0, 0.05) is 30.9 Å². The van der Waals surface area contributed by atoms with E-state index in [0.29, 0.717) is 11.5 Å². The van der Waals surface area contributed by atoms with Crippen molar-refractivity contribution < 1.29 is 5.11 Å². The zero-order valence-corrected chi connectivity index (χ0v) is 8.68. The molecule has 2 heterocycles. The Bertz CT molecular complexity index is 497. The van der Waals surface area contributed by atoms with Gasteiger partial charge in [-0.1, -0.05) is 0 Å². The van der Waals surface area contributed by atoms with E-state index in [9.17, 15) is 0 Å². The Morgan fingerprint density at radius 3 is 2.75 bits per heavy atom. The third-order valence-electron chi connectivity index (χ3n) is 2.04. The van der Waals surface area contributed by atoms with Gasteiger partial charge in [0.2, 0.25) is 11.8 Å². The summed E-state index contributed by atoms with van der Waals surface area (Å²) in [6.07, 6.45) is 1.52. The zero-order chi connectivity index (χ0) is 11.5. The van der Waals surface area contributed by atoms with Gasteiger partial charge >= 0.3 is 0 Å². The minimum absolute atomic E-state index is 0.0281. The predicted molar refractivity (Wildman–Crippen MR) is 60.9 cm³/mol. The topological polar surface area (TPSA) is 97.0 Å². The van der Waals surface area contributed by atoms with Crippen LogP contribution in [0.25, 0.3) is 11.3 Å². The van der Waals surface area contributed by atoms with Crippen molar-refractivity contribution in [2.75, 3.05) is 18.1 Å². The number of rotatable bonds is 2. The van der Waals surface area contributed by atoms with E-state index in [4.69, 9.17) is 10.8 Å². The summed E-state index contributed by atoms with van der Waals surface area (Å²) in [7, 11) is 1.75. The number of pyridine rings is 1. The van der Waals surface area contributed by atoms with E-state index in [1.54, 1.807) is 19.2 Å². The molecule has 4 N–H and O–H groups in total. The van der Waals surface area contributed by atoms with Gasteiger partial charge in [-0.3, -0.25) is 0 Å². The first-order valence-corrected chi connectivity index (χ1v) is 4.67. The van der Waals surface area contributed by atoms with Crippen LogP contribution in [-0.4, -0.2) is 27.1 Å². The lowest BCUT2D eigenvalue weighted by molar-refractivity contribution is 0.453. The Hall–Kier alpha value is -2.37. The number of nitrogens with two attached hydrogens (primary N) is 1. The summed E-state index contributed by atoms with van der Waals surface area (Å²) in [5.41, 5.74) is 6.99. The molecule has 0 saturated heterocycles. The average Bonchev–Trinajstić information content (AvgIpc) is 2.29. The fraction of sp³-hybridized carbons (Fsp3) is 0.100. The smallest absolute Gasteiger partial charge is 0.222 e. The van der Waals surface area contributed by atoms with Crippen molar-refractivity contribution in [3.8, 4) is 17.1 Å². The number of hydrogen-bond donors (Lipinski definition) is 3. The highest BCUT2D eigenvalue weighted by Crippen LogP contribution is 2.20. The maximum absolute atomic E-state index is 9.08. The Balaban J connectivity index is 2.47. The second-order valence-electron chi connectivity index (χ2n) is 3.15. The van der Waals surface area contributed by atoms with Crippen molar-refractivity contribution >= 4 is 11.8 Å². The molecule has 2 aromatic heterocycles. The van der Waals surface area contributed by atoms with Crippen LogP contribution in [0.1, 0.15) is 0 Å². The maximum Gasteiger partial charge on any atom is 0.222 e. The Morgan fingerprint density at radius 2 is 2.12 bits per heavy atom. The maximum atomic E-state index is 9.08. The molecule has 0 bridgehead atoms. The highest BCUT2D eigenvalue weighted by molar-refractivity contribution is 5.63. The molecule has 0 atom stereocenters. The van der Waals surface area contributed by atoms with Crippen LogP contribution in [0.5, 0.6) is 5.88 Å². The van der Waals surface area contributed by atoms with E-state index in [0.717, 1.165) is 5.56 Å². The molecule has 0 aliphatic rings. The summed E-state index contributed by atoms with van der Waals surface area (Å²) in [5.74, 6) is 0.796. The number of nitrogen functional groups attached to an aromatic ring is 1. The van der Waals surface area contributed by atoms with E-state index in [-0.39, 0.29) is 11.8 Å². The number of nitrogens with zero attached hydrogens (tertiary/aromatic N) is 3. The van der Waals surface area contributed by atoms with Gasteiger partial charge in [-0.25, -0.2) is 9.97 Å². The number of aromatic nitrogens is 3. The lowest BCUT2D eigenvalue weighted by Crippen LogP contribution is -2.01. The monoisotopic (exact) mass is 217 g/mol. The lowest BCUT2D eigenvalue weighted by Gasteiger charge is -2.04. The molecule has 0 amide bonds. The summed E-state index contributed by atoms with van der Waals surface area (Å²) >= 11 is 0. The Kier molecular flexibility index (Phi) is 2.55. The van der Waals surface area contributed by atoms with Gasteiger partial charge in [0.25, 0.3) is 0 Å². The molecular formula is C10H11N5O. The number of aromatic hydroxyl groups is 1. The van der Waals surface area contributed by atoms with Crippen LogP contribution in [-0.2, 0) is 0 Å². The minimum Gasteiger partial charge on any atom is -0.493 e. The van der Waals surface area contributed by atoms with Gasteiger partial charge in [0.1, 0.15) is 5.82 Å². The molecule has 2 rings (SSSR count). The molecule has 6 nitrogen and oxygen atoms in total. The van der Waals surface area contributed by atoms with Gasteiger partial charge in [-0.15, -0.1) is 0 Å². The van der Waals surface area contributed by atoms with Crippen LogP contribution < -0.4 is 11.1 Å². The highest BCUT2D eigenvalue weighted by Gasteiger charge is 2.04. The molecule has 0 spiro atoms. The van der Waals surface area contributed by atoms with E-state index in [2.05, 4.69) is 20.3 Å². The molecular weight excluding hydrogens is 206 g/mol. The van der Waals surface area contributed by atoms with Crippen LogP contribution in [0.4, 0.5) is 11.8 Å². The van der Waals surface area contributed by atoms with Gasteiger partial charge in [-0.2, -0.15) is 4.98 Å². The van der Waals surface area contributed by atoms with Crippen LogP contribution >= 0.6 is 0 Å². The first-order valence-electron chi connectivity index (χ1n) is 4.67. The fourth-order valence-corrected chi connectivity index (χ4v) is 1.28. The van der Waals surface area contributed by atoms with Crippen LogP contribution in [0.2, 0.25) is 0 Å². The van der Waals surface area contributed by atoms with E-state index < -0.39 is 0 Å². The number of anilines is 2. The molecule has 6 heteroatoms. The summed E-state index contributed by atoms with van der Waals surface area (Å²) in [5, 5.41) is 12.0. The quantitative estimate of drug-likeness (QED) is 0.690. The molecule has 16 heavy (non-hydrogen) atoms. The Labute approximate surface area is 92.2 Å². The van der Waals surface area contributed by atoms with Crippen molar-refractivity contribution in [3.63, 3.8) is 0 Å². The van der Waals surface area contributed by atoms with E-state index in [1.807, 2.05) is 0 Å². The largest absolute Gasteiger partial charge is 0.493 e. The van der Waals surface area contributed by atoms with Crippen molar-refractivity contribution in [1.29, 1.82) is 0 Å². The molecule has 2 aromatic rings. The third kappa shape index (κ3) is 2.00. The minimum atomic E-state index is -0.0281. The molecule has 0 unspecified atom stereocenters. The average molecular weight is 217 g/mol. The Morgan fingerprint density at radius 1 is 1.31 bits per heavy atom. The summed E-state index contributed by atoms with van der Waals surface area (Å²) in [6, 6.07) is 4.96. The second kappa shape index (κ2) is 4.01. The van der Waals surface area contributed by atoms with Crippen LogP contribution in [0, 0.1) is 0 Å². The summed E-state index contributed by atoms with van der Waals surface area (Å²) < 4.78 is 0. The number of hydrogen-bond acceptors (Lipinski definition) is 6. The van der Waals surface area contributed by atoms with Crippen LogP contribution in [0.15, 0.2) is 24.4 Å². The van der Waals surface area contributed by atoms with Gasteiger partial charge in [-0.05, 0) is 6.07 Å². The van der Waals surface area contributed by atoms with Gasteiger partial charge in [0.15, 0.2) is 0 Å². The number of nitrogens with one attached hydrogen (secondary N) is 1. The molecule has 0 aromatic carbocycles. The molecule has 0 saturated carbocycles. The van der Waals surface area contributed by atoms with Crippen LogP contribution in [0.3, 0.4) is 0 Å². The molecule has 82 valence electrons. The standard InChI is InChI=1S/C10H11N5O/c1-12-8-4-7(14-10(11)15-8)6-2-3-9(16)13-5-6/h2-5H,1H3,(H,13,16)(H3,11,12,14,15). The first-order chi connectivity index (χ1) is 7.69. The van der Waals surface area contributed by atoms with Crippen molar-refractivity contribution in [2.45, 2.75) is 0 Å². The SMILES string of the molecule is CNc1cc(-c2ccc(O)nc2)nc(N)n1. The van der Waals surface area contributed by atoms with E-state index in [1.165, 1.54) is 12.3 Å². The highest BCUT2D eigenvalue weighted by atomic mass is 16.3. The summed E-state index contributed by atoms with van der Waals surface area (Å²) in [6.45, 7) is 0. The van der Waals surface area contributed by atoms with Gasteiger partial charge in [0.05, 0.1) is 5.69 Å². The molecule has 0 aliphatic heterocycles. The van der Waals surface area contributed by atoms with Crippen molar-refractivity contribution in [3.05, 3.63) is 24.4 Å². The second-order valence-corrected chi connectivity index (χ2v) is 3.15. The van der Waals surface area contributed by atoms with Crippen molar-refractivity contribution in [2.24, 2.45) is 0 Å². The van der Waals surface area contributed by atoms with Crippen molar-refractivity contribution in [1.82, 2.24) is 15.0 Å². The molecule has 0 radical (unpaired) electrons. The van der Waals surface area contributed by atoms with E-state index >= 15 is 0 Å². The van der Waals surface area contributed by atoms with Gasteiger partial charge < -0.3 is 16.2 Å². The lowest BCUT2D eigenvalue weighted by atomic mass is 10.2. The zero-order valence-electron chi connectivity index (χ0n) is 8.68. The third-order valence-corrected chi connectivity index (χ3v) is 2.04. The first kappa shape index (κ1) is 10.2. The fourth-order valence-electron chi connectivity index (χ4n) is 1.28. The normalized spacial score (nSPS) is 10.1. The predicted octanol–water partition coefficient (Wildman–Crippen LogP) is 0.868.